The van der Waals surface area contributed by atoms with Gasteiger partial charge in [-0.3, -0.25) is 0 Å². The molecule has 0 N–H and O–H groups in total. The molecule has 1 fully saturated rings. The van der Waals surface area contributed by atoms with Crippen LogP contribution in [0.3, 0.4) is 0 Å². The number of aromatic nitrogens is 1. The Morgan fingerprint density at radius 3 is 2.90 bits per heavy atom. The standard InChI is InChI=1S/C7H6FNO/c8-7-2-1-5(3-9-7)6-4-10-6/h1-3,6H,4H2. The fourth-order valence-corrected chi connectivity index (χ4v) is 0.818. The number of epoxide rings is 1. The van der Waals surface area contributed by atoms with E-state index in [9.17, 15) is 4.39 Å². The van der Waals surface area contributed by atoms with Crippen molar-refractivity contribution in [3.63, 3.8) is 0 Å². The Kier molecular flexibility index (Phi) is 1.17. The third kappa shape index (κ3) is 0.998. The van der Waals surface area contributed by atoms with E-state index in [1.54, 1.807) is 6.07 Å². The summed E-state index contributed by atoms with van der Waals surface area (Å²) in [6, 6.07) is 3.04. The summed E-state index contributed by atoms with van der Waals surface area (Å²) in [5, 5.41) is 0. The summed E-state index contributed by atoms with van der Waals surface area (Å²) in [4.78, 5) is 3.49. The van der Waals surface area contributed by atoms with Crippen LogP contribution < -0.4 is 0 Å². The predicted molar refractivity (Wildman–Crippen MR) is 32.9 cm³/mol. The number of halogens is 1. The maximum Gasteiger partial charge on any atom is 0.212 e. The van der Waals surface area contributed by atoms with E-state index in [-0.39, 0.29) is 6.10 Å². The molecule has 52 valence electrons. The van der Waals surface area contributed by atoms with Crippen molar-refractivity contribution >= 4 is 0 Å². The van der Waals surface area contributed by atoms with Crippen LogP contribution in [0.2, 0.25) is 0 Å². The Morgan fingerprint density at radius 1 is 1.60 bits per heavy atom. The molecule has 1 unspecified atom stereocenters. The van der Waals surface area contributed by atoms with E-state index in [4.69, 9.17) is 4.74 Å². The zero-order valence-corrected chi connectivity index (χ0v) is 5.25. The van der Waals surface area contributed by atoms with Crippen LogP contribution in [0.15, 0.2) is 18.3 Å². The van der Waals surface area contributed by atoms with Crippen LogP contribution in [0.1, 0.15) is 11.7 Å². The van der Waals surface area contributed by atoms with Crippen LogP contribution in [0.5, 0.6) is 0 Å². The van der Waals surface area contributed by atoms with Crippen LogP contribution >= 0.6 is 0 Å². The van der Waals surface area contributed by atoms with E-state index >= 15 is 0 Å². The van der Waals surface area contributed by atoms with E-state index in [2.05, 4.69) is 4.98 Å². The van der Waals surface area contributed by atoms with Gasteiger partial charge in [-0.1, -0.05) is 6.07 Å². The monoisotopic (exact) mass is 139 g/mol. The molecule has 2 nitrogen and oxygen atoms in total. The van der Waals surface area contributed by atoms with Gasteiger partial charge < -0.3 is 4.74 Å². The molecule has 2 rings (SSSR count). The average Bonchev–Trinajstić information content (AvgIpc) is 2.71. The van der Waals surface area contributed by atoms with Gasteiger partial charge in [-0.05, 0) is 6.07 Å². The van der Waals surface area contributed by atoms with Crippen LogP contribution in [0.25, 0.3) is 0 Å². The maximum atomic E-state index is 12.2. The van der Waals surface area contributed by atoms with Crippen molar-refractivity contribution in [1.29, 1.82) is 0 Å². The molecule has 1 atom stereocenters. The molecule has 0 bridgehead atoms. The summed E-state index contributed by atoms with van der Waals surface area (Å²) in [5.41, 5.74) is 0.960. The minimum absolute atomic E-state index is 0.174. The minimum atomic E-state index is -0.440. The Balaban J connectivity index is 2.28. The van der Waals surface area contributed by atoms with Crippen molar-refractivity contribution in [2.75, 3.05) is 6.61 Å². The largest absolute Gasteiger partial charge is 0.368 e. The fraction of sp³-hybridized carbons (Fsp3) is 0.286. The van der Waals surface area contributed by atoms with Gasteiger partial charge in [0.05, 0.1) is 6.61 Å². The summed E-state index contributed by atoms with van der Waals surface area (Å²) in [5.74, 6) is -0.440. The van der Waals surface area contributed by atoms with E-state index in [0.717, 1.165) is 12.2 Å². The number of pyridine rings is 1. The third-order valence-electron chi connectivity index (χ3n) is 1.46. The van der Waals surface area contributed by atoms with Gasteiger partial charge in [-0.25, -0.2) is 4.98 Å². The zero-order chi connectivity index (χ0) is 6.97. The molecular weight excluding hydrogens is 133 g/mol. The van der Waals surface area contributed by atoms with Crippen LogP contribution in [0, 0.1) is 5.95 Å². The van der Waals surface area contributed by atoms with Gasteiger partial charge in [0.1, 0.15) is 6.10 Å². The Hall–Kier alpha value is -0.960. The maximum absolute atomic E-state index is 12.2. The second-order valence-electron chi connectivity index (χ2n) is 2.24. The third-order valence-corrected chi connectivity index (χ3v) is 1.46. The molecule has 0 radical (unpaired) electrons. The van der Waals surface area contributed by atoms with Crippen molar-refractivity contribution in [2.24, 2.45) is 0 Å². The highest BCUT2D eigenvalue weighted by molar-refractivity contribution is 5.15. The highest BCUT2D eigenvalue weighted by Gasteiger charge is 2.24. The summed E-state index contributed by atoms with van der Waals surface area (Å²) >= 11 is 0. The molecule has 0 amide bonds. The van der Waals surface area contributed by atoms with Crippen molar-refractivity contribution in [2.45, 2.75) is 6.10 Å². The van der Waals surface area contributed by atoms with Crippen LogP contribution in [-0.4, -0.2) is 11.6 Å². The lowest BCUT2D eigenvalue weighted by Crippen LogP contribution is -1.85. The first-order chi connectivity index (χ1) is 4.86. The summed E-state index contributed by atoms with van der Waals surface area (Å²) in [7, 11) is 0. The lowest BCUT2D eigenvalue weighted by Gasteiger charge is -1.91. The normalized spacial score (nSPS) is 22.7. The molecule has 1 aromatic heterocycles. The van der Waals surface area contributed by atoms with Gasteiger partial charge in [-0.15, -0.1) is 0 Å². The predicted octanol–water partition coefficient (Wildman–Crippen LogP) is 1.29. The van der Waals surface area contributed by atoms with Crippen LogP contribution in [-0.2, 0) is 4.74 Å². The molecule has 3 heteroatoms. The summed E-state index contributed by atoms with van der Waals surface area (Å²) < 4.78 is 17.2. The van der Waals surface area contributed by atoms with Crippen LogP contribution in [0.4, 0.5) is 4.39 Å². The fourth-order valence-electron chi connectivity index (χ4n) is 0.818. The van der Waals surface area contributed by atoms with Gasteiger partial charge in [-0.2, -0.15) is 4.39 Å². The quantitative estimate of drug-likeness (QED) is 0.432. The Bertz CT molecular complexity index is 230. The number of hydrogen-bond acceptors (Lipinski definition) is 2. The second-order valence-corrected chi connectivity index (χ2v) is 2.24. The van der Waals surface area contributed by atoms with E-state index in [1.165, 1.54) is 12.3 Å². The highest BCUT2D eigenvalue weighted by Crippen LogP contribution is 2.28. The van der Waals surface area contributed by atoms with Gasteiger partial charge >= 0.3 is 0 Å². The number of ether oxygens (including phenoxy) is 1. The van der Waals surface area contributed by atoms with Crippen molar-refractivity contribution in [3.8, 4) is 0 Å². The average molecular weight is 139 g/mol. The Labute approximate surface area is 57.7 Å². The molecule has 0 aromatic carbocycles. The molecule has 2 heterocycles. The molecule has 1 aliphatic rings. The molecule has 0 aliphatic carbocycles. The second kappa shape index (κ2) is 2.02. The summed E-state index contributed by atoms with van der Waals surface area (Å²) in [6.07, 6.45) is 1.68. The molecule has 1 aromatic rings. The molecule has 0 spiro atoms. The lowest BCUT2D eigenvalue weighted by atomic mass is 10.2. The molecule has 10 heavy (non-hydrogen) atoms. The number of nitrogens with zero attached hydrogens (tertiary/aromatic N) is 1. The van der Waals surface area contributed by atoms with E-state index in [0.29, 0.717) is 0 Å². The van der Waals surface area contributed by atoms with Gasteiger partial charge in [0.25, 0.3) is 0 Å². The van der Waals surface area contributed by atoms with Crippen molar-refractivity contribution in [3.05, 3.63) is 29.8 Å². The lowest BCUT2D eigenvalue weighted by molar-refractivity contribution is 0.414. The smallest absolute Gasteiger partial charge is 0.212 e. The summed E-state index contributed by atoms with van der Waals surface area (Å²) in [6.45, 7) is 0.743. The molecule has 1 aliphatic heterocycles. The van der Waals surface area contributed by atoms with Gasteiger partial charge in [0.2, 0.25) is 5.95 Å². The number of hydrogen-bond donors (Lipinski definition) is 0. The van der Waals surface area contributed by atoms with Gasteiger partial charge in [0.15, 0.2) is 0 Å². The Morgan fingerprint density at radius 2 is 2.40 bits per heavy atom. The topological polar surface area (TPSA) is 25.4 Å². The first-order valence-corrected chi connectivity index (χ1v) is 3.09. The molecule has 0 saturated carbocycles. The zero-order valence-electron chi connectivity index (χ0n) is 5.25. The van der Waals surface area contributed by atoms with Gasteiger partial charge in [0, 0.05) is 11.8 Å². The SMILES string of the molecule is Fc1ccc(C2CO2)cn1. The molecular formula is C7H6FNO. The van der Waals surface area contributed by atoms with E-state index < -0.39 is 5.95 Å². The first-order valence-electron chi connectivity index (χ1n) is 3.09. The highest BCUT2D eigenvalue weighted by atomic mass is 19.1. The molecule has 1 saturated heterocycles. The minimum Gasteiger partial charge on any atom is -0.368 e. The van der Waals surface area contributed by atoms with E-state index in [1.807, 2.05) is 0 Å². The number of rotatable bonds is 1. The van der Waals surface area contributed by atoms with Crippen molar-refractivity contribution in [1.82, 2.24) is 4.98 Å². The first kappa shape index (κ1) is 5.80. The van der Waals surface area contributed by atoms with Crippen molar-refractivity contribution < 1.29 is 9.13 Å².